The molecule has 0 heterocycles. The largest absolute Gasteiger partial charge is 0.354 e. The van der Waals surface area contributed by atoms with Crippen molar-refractivity contribution in [3.05, 3.63) is 94.0 Å². The van der Waals surface area contributed by atoms with Crippen LogP contribution in [0.25, 0.3) is 0 Å². The van der Waals surface area contributed by atoms with Crippen LogP contribution in [0.3, 0.4) is 0 Å². The van der Waals surface area contributed by atoms with E-state index in [0.29, 0.717) is 27.8 Å². The minimum atomic E-state index is -4.12. The lowest BCUT2D eigenvalue weighted by Gasteiger charge is -2.32. The first-order chi connectivity index (χ1) is 18.6. The van der Waals surface area contributed by atoms with Crippen LogP contribution >= 0.6 is 23.2 Å². The molecule has 0 saturated carbocycles. The van der Waals surface area contributed by atoms with E-state index in [1.807, 2.05) is 19.9 Å². The molecular formula is C29H33Cl2N3O4S. The number of hydrogen-bond acceptors (Lipinski definition) is 4. The third kappa shape index (κ3) is 7.75. The van der Waals surface area contributed by atoms with Gasteiger partial charge in [-0.05, 0) is 62.2 Å². The summed E-state index contributed by atoms with van der Waals surface area (Å²) < 4.78 is 28.6. The Bertz CT molecular complexity index is 1380. The van der Waals surface area contributed by atoms with Gasteiger partial charge in [0.2, 0.25) is 11.8 Å². The minimum Gasteiger partial charge on any atom is -0.354 e. The molecule has 0 aliphatic rings. The molecule has 0 unspecified atom stereocenters. The van der Waals surface area contributed by atoms with Crippen molar-refractivity contribution < 1.29 is 18.0 Å². The van der Waals surface area contributed by atoms with Crippen molar-refractivity contribution >= 4 is 50.7 Å². The number of nitrogens with one attached hydrogen (secondary N) is 1. The Balaban J connectivity index is 2.03. The summed E-state index contributed by atoms with van der Waals surface area (Å²) in [6.07, 6.45) is 1.69. The number of sulfonamides is 1. The van der Waals surface area contributed by atoms with Gasteiger partial charge in [0.15, 0.2) is 0 Å². The summed E-state index contributed by atoms with van der Waals surface area (Å²) in [6, 6.07) is 18.9. The van der Waals surface area contributed by atoms with Gasteiger partial charge < -0.3 is 10.2 Å². The third-order valence-corrected chi connectivity index (χ3v) is 8.78. The quantitative estimate of drug-likeness (QED) is 0.269. The van der Waals surface area contributed by atoms with Crippen molar-refractivity contribution in [1.82, 2.24) is 10.2 Å². The van der Waals surface area contributed by atoms with Gasteiger partial charge in [-0.15, -0.1) is 0 Å². The fourth-order valence-electron chi connectivity index (χ4n) is 4.00. The maximum Gasteiger partial charge on any atom is 0.264 e. The van der Waals surface area contributed by atoms with Crippen LogP contribution in [0.1, 0.15) is 37.8 Å². The Hall–Kier alpha value is -3.07. The first kappa shape index (κ1) is 30.5. The SMILES string of the molecule is CCCCNC(=O)[C@@H](C)N(Cc1c(Cl)cccc1Cl)C(=O)CN(c1cccc(C)c1)S(=O)(=O)c1ccccc1. The maximum atomic E-state index is 13.9. The van der Waals surface area contributed by atoms with E-state index in [1.54, 1.807) is 61.5 Å². The Labute approximate surface area is 240 Å². The highest BCUT2D eigenvalue weighted by molar-refractivity contribution is 7.92. The Morgan fingerprint density at radius 3 is 2.21 bits per heavy atom. The number of anilines is 1. The number of benzene rings is 3. The molecule has 0 fully saturated rings. The van der Waals surface area contributed by atoms with Gasteiger partial charge >= 0.3 is 0 Å². The van der Waals surface area contributed by atoms with E-state index in [1.165, 1.54) is 17.0 Å². The summed E-state index contributed by atoms with van der Waals surface area (Å²) in [6.45, 7) is 5.31. The summed E-state index contributed by atoms with van der Waals surface area (Å²) in [7, 11) is -4.12. The van der Waals surface area contributed by atoms with Gasteiger partial charge in [-0.1, -0.05) is 72.9 Å². The van der Waals surface area contributed by atoms with E-state index in [-0.39, 0.29) is 17.3 Å². The first-order valence-corrected chi connectivity index (χ1v) is 14.9. The lowest BCUT2D eigenvalue weighted by Crippen LogP contribution is -2.51. The van der Waals surface area contributed by atoms with Crippen LogP contribution < -0.4 is 9.62 Å². The minimum absolute atomic E-state index is 0.0466. The van der Waals surface area contributed by atoms with E-state index in [9.17, 15) is 18.0 Å². The summed E-state index contributed by atoms with van der Waals surface area (Å²) in [5.41, 5.74) is 1.63. The third-order valence-electron chi connectivity index (χ3n) is 6.29. The van der Waals surface area contributed by atoms with Gasteiger partial charge in [0.05, 0.1) is 10.6 Å². The lowest BCUT2D eigenvalue weighted by molar-refractivity contribution is -0.139. The van der Waals surface area contributed by atoms with Crippen molar-refractivity contribution in [2.45, 2.75) is 51.1 Å². The van der Waals surface area contributed by atoms with Gasteiger partial charge in [0.25, 0.3) is 10.0 Å². The van der Waals surface area contributed by atoms with Crippen LogP contribution in [0.15, 0.2) is 77.7 Å². The van der Waals surface area contributed by atoms with E-state index >= 15 is 0 Å². The molecule has 0 bridgehead atoms. The average molecular weight is 591 g/mol. The fourth-order valence-corrected chi connectivity index (χ4v) is 5.95. The Morgan fingerprint density at radius 1 is 0.949 bits per heavy atom. The molecule has 1 atom stereocenters. The van der Waals surface area contributed by atoms with Crippen molar-refractivity contribution in [3.63, 3.8) is 0 Å². The normalized spacial score (nSPS) is 12.0. The summed E-state index contributed by atoms with van der Waals surface area (Å²) in [5, 5.41) is 3.53. The molecule has 3 aromatic rings. The van der Waals surface area contributed by atoms with E-state index in [0.717, 1.165) is 22.7 Å². The molecule has 7 nitrogen and oxygen atoms in total. The fraction of sp³-hybridized carbons (Fsp3) is 0.310. The topological polar surface area (TPSA) is 86.8 Å². The number of hydrogen-bond donors (Lipinski definition) is 1. The Morgan fingerprint density at radius 2 is 1.59 bits per heavy atom. The molecule has 10 heteroatoms. The van der Waals surface area contributed by atoms with Gasteiger partial charge in [0.1, 0.15) is 12.6 Å². The number of carbonyl (C=O) groups excluding carboxylic acids is 2. The number of rotatable bonds is 12. The van der Waals surface area contributed by atoms with Crippen molar-refractivity contribution in [2.75, 3.05) is 17.4 Å². The van der Waals surface area contributed by atoms with Crippen LogP contribution in [0.4, 0.5) is 5.69 Å². The highest BCUT2D eigenvalue weighted by Gasteiger charge is 2.33. The van der Waals surface area contributed by atoms with Crippen LogP contribution in [0.2, 0.25) is 10.0 Å². The predicted octanol–water partition coefficient (Wildman–Crippen LogP) is 5.83. The van der Waals surface area contributed by atoms with Gasteiger partial charge in [0, 0.05) is 28.7 Å². The molecule has 1 N–H and O–H groups in total. The standard InChI is InChI=1S/C29H33Cl2N3O4S/c1-4-5-17-32-29(36)22(3)33(19-25-26(30)15-10-16-27(25)31)28(35)20-34(23-12-9-11-21(2)18-23)39(37,38)24-13-7-6-8-14-24/h6-16,18,22H,4-5,17,19-20H2,1-3H3,(H,32,36)/t22-/m1/s1. The molecule has 0 aromatic heterocycles. The number of unbranched alkanes of at least 4 members (excludes halogenated alkanes) is 1. The summed E-state index contributed by atoms with van der Waals surface area (Å²) >= 11 is 12.8. The second kappa shape index (κ2) is 13.8. The van der Waals surface area contributed by atoms with Crippen molar-refractivity contribution in [3.8, 4) is 0 Å². The molecular weight excluding hydrogens is 557 g/mol. The highest BCUT2D eigenvalue weighted by atomic mass is 35.5. The van der Waals surface area contributed by atoms with E-state index in [4.69, 9.17) is 23.2 Å². The smallest absolute Gasteiger partial charge is 0.264 e. The van der Waals surface area contributed by atoms with Gasteiger partial charge in [-0.2, -0.15) is 0 Å². The predicted molar refractivity (Wildman–Crippen MR) is 157 cm³/mol. The molecule has 39 heavy (non-hydrogen) atoms. The van der Waals surface area contributed by atoms with Crippen molar-refractivity contribution in [1.29, 1.82) is 0 Å². The molecule has 0 aliphatic heterocycles. The monoisotopic (exact) mass is 589 g/mol. The van der Waals surface area contributed by atoms with Gasteiger partial charge in [-0.25, -0.2) is 8.42 Å². The van der Waals surface area contributed by atoms with E-state index < -0.39 is 28.5 Å². The van der Waals surface area contributed by atoms with Crippen LogP contribution in [0, 0.1) is 6.92 Å². The average Bonchev–Trinajstić information content (AvgIpc) is 2.91. The molecule has 0 radical (unpaired) electrons. The zero-order chi connectivity index (χ0) is 28.6. The second-order valence-electron chi connectivity index (χ2n) is 9.21. The number of halogens is 2. The van der Waals surface area contributed by atoms with Crippen molar-refractivity contribution in [2.24, 2.45) is 0 Å². The van der Waals surface area contributed by atoms with Crippen LogP contribution in [-0.2, 0) is 26.2 Å². The molecule has 3 aromatic carbocycles. The molecule has 0 saturated heterocycles. The highest BCUT2D eigenvalue weighted by Crippen LogP contribution is 2.28. The number of aryl methyl sites for hydroxylation is 1. The van der Waals surface area contributed by atoms with Gasteiger partial charge in [-0.3, -0.25) is 13.9 Å². The summed E-state index contributed by atoms with van der Waals surface area (Å²) in [5.74, 6) is -0.932. The second-order valence-corrected chi connectivity index (χ2v) is 11.9. The number of carbonyl (C=O) groups is 2. The number of amides is 2. The molecule has 208 valence electrons. The number of nitrogens with zero attached hydrogens (tertiary/aromatic N) is 2. The van der Waals surface area contributed by atoms with Crippen LogP contribution in [0.5, 0.6) is 0 Å². The lowest BCUT2D eigenvalue weighted by atomic mass is 10.1. The van der Waals surface area contributed by atoms with Crippen LogP contribution in [-0.4, -0.2) is 44.3 Å². The zero-order valence-corrected chi connectivity index (χ0v) is 24.6. The van der Waals surface area contributed by atoms with E-state index in [2.05, 4.69) is 5.32 Å². The summed E-state index contributed by atoms with van der Waals surface area (Å²) in [4.78, 5) is 28.3. The molecule has 3 rings (SSSR count). The maximum absolute atomic E-state index is 13.9. The molecule has 2 amide bonds. The zero-order valence-electron chi connectivity index (χ0n) is 22.2. The Kier molecular flexibility index (Phi) is 10.8. The first-order valence-electron chi connectivity index (χ1n) is 12.7. The molecule has 0 spiro atoms. The molecule has 0 aliphatic carbocycles.